The smallest absolute Gasteiger partial charge is 0.347 e. The van der Waals surface area contributed by atoms with E-state index in [1.54, 1.807) is 30.3 Å². The third kappa shape index (κ3) is 3.50. The van der Waals surface area contributed by atoms with E-state index in [2.05, 4.69) is 10.4 Å². The highest BCUT2D eigenvalue weighted by atomic mass is 32.1. The quantitative estimate of drug-likeness (QED) is 0.521. The fourth-order valence-corrected chi connectivity index (χ4v) is 3.89. The molecule has 0 saturated heterocycles. The fraction of sp³-hybridized carbons (Fsp3) is 0.100. The van der Waals surface area contributed by atoms with Crippen LogP contribution >= 0.6 is 11.3 Å². The van der Waals surface area contributed by atoms with E-state index in [1.807, 2.05) is 30.3 Å². The third-order valence-corrected chi connectivity index (χ3v) is 5.26. The summed E-state index contributed by atoms with van der Waals surface area (Å²) in [6.07, 6.45) is -4.61. The highest BCUT2D eigenvalue weighted by molar-refractivity contribution is 7.20. The summed E-state index contributed by atoms with van der Waals surface area (Å²) >= 11 is 0.987. The number of nitrogens with one attached hydrogen (secondary N) is 1. The van der Waals surface area contributed by atoms with Crippen LogP contribution in [0.1, 0.15) is 20.9 Å². The van der Waals surface area contributed by atoms with Gasteiger partial charge in [0.1, 0.15) is 4.83 Å². The molecule has 2 aromatic heterocycles. The Morgan fingerprint density at radius 3 is 2.32 bits per heavy atom. The number of carbonyl (C=O) groups is 1. The molecule has 1 amide bonds. The number of hydrogen-bond acceptors (Lipinski definition) is 3. The minimum atomic E-state index is -4.61. The molecular formula is C20H14F3N3OS. The first-order valence-corrected chi connectivity index (χ1v) is 9.22. The van der Waals surface area contributed by atoms with Crippen molar-refractivity contribution in [1.29, 1.82) is 0 Å². The molecule has 0 aliphatic rings. The van der Waals surface area contributed by atoms with E-state index in [-0.39, 0.29) is 15.1 Å². The van der Waals surface area contributed by atoms with Gasteiger partial charge in [0.25, 0.3) is 5.91 Å². The van der Waals surface area contributed by atoms with Gasteiger partial charge in [0, 0.05) is 11.9 Å². The lowest BCUT2D eigenvalue weighted by molar-refractivity contribution is -0.140. The average Bonchev–Trinajstić information content (AvgIpc) is 3.26. The van der Waals surface area contributed by atoms with Gasteiger partial charge in [-0.15, -0.1) is 11.3 Å². The van der Waals surface area contributed by atoms with Crippen LogP contribution in [0.5, 0.6) is 0 Å². The van der Waals surface area contributed by atoms with Crippen molar-refractivity contribution in [3.8, 4) is 5.69 Å². The molecule has 2 heterocycles. The number of rotatable bonds is 4. The van der Waals surface area contributed by atoms with Crippen molar-refractivity contribution in [2.45, 2.75) is 12.7 Å². The summed E-state index contributed by atoms with van der Waals surface area (Å²) in [5, 5.41) is 6.42. The lowest BCUT2D eigenvalue weighted by Gasteiger charge is -2.05. The lowest BCUT2D eigenvalue weighted by atomic mass is 10.2. The maximum absolute atomic E-state index is 13.5. The number of amides is 1. The van der Waals surface area contributed by atoms with Crippen LogP contribution in [0.2, 0.25) is 0 Å². The summed E-state index contributed by atoms with van der Waals surface area (Å²) in [6.45, 7) is 0.296. The molecule has 0 atom stereocenters. The van der Waals surface area contributed by atoms with Gasteiger partial charge in [-0.05, 0) is 23.8 Å². The SMILES string of the molecule is O=C(NCc1ccccc1)c1cc2c(C(F)(F)F)nn(-c3ccccc3)c2s1. The minimum Gasteiger partial charge on any atom is -0.347 e. The predicted molar refractivity (Wildman–Crippen MR) is 102 cm³/mol. The van der Waals surface area contributed by atoms with Crippen LogP contribution in [0.3, 0.4) is 0 Å². The Labute approximate surface area is 162 Å². The summed E-state index contributed by atoms with van der Waals surface area (Å²) < 4.78 is 41.6. The van der Waals surface area contributed by atoms with Crippen molar-refractivity contribution in [2.75, 3.05) is 0 Å². The van der Waals surface area contributed by atoms with Crippen molar-refractivity contribution >= 4 is 27.5 Å². The number of hydrogen-bond donors (Lipinski definition) is 1. The largest absolute Gasteiger partial charge is 0.435 e. The van der Waals surface area contributed by atoms with Crippen LogP contribution in [0.25, 0.3) is 15.9 Å². The second-order valence-corrected chi connectivity index (χ2v) is 7.12. The number of fused-ring (bicyclic) bond motifs is 1. The Hall–Kier alpha value is -3.13. The fourth-order valence-electron chi connectivity index (χ4n) is 2.84. The number of halogens is 3. The van der Waals surface area contributed by atoms with Crippen LogP contribution in [-0.2, 0) is 12.7 Å². The first kappa shape index (κ1) is 18.2. The van der Waals surface area contributed by atoms with E-state index < -0.39 is 17.8 Å². The molecule has 8 heteroatoms. The Morgan fingerprint density at radius 2 is 1.68 bits per heavy atom. The number of thiophene rings is 1. The van der Waals surface area contributed by atoms with Crippen LogP contribution in [-0.4, -0.2) is 15.7 Å². The molecule has 0 radical (unpaired) electrons. The molecular weight excluding hydrogens is 387 g/mol. The average molecular weight is 401 g/mol. The van der Waals surface area contributed by atoms with E-state index in [1.165, 1.54) is 10.7 Å². The maximum atomic E-state index is 13.5. The number of carbonyl (C=O) groups excluding carboxylic acids is 1. The van der Waals surface area contributed by atoms with Crippen LogP contribution < -0.4 is 5.32 Å². The predicted octanol–water partition coefficient (Wildman–Crippen LogP) is 5.04. The highest BCUT2D eigenvalue weighted by Gasteiger charge is 2.38. The van der Waals surface area contributed by atoms with Crippen LogP contribution in [0, 0.1) is 0 Å². The maximum Gasteiger partial charge on any atom is 0.435 e. The van der Waals surface area contributed by atoms with E-state index in [0.717, 1.165) is 16.9 Å². The number of aromatic nitrogens is 2. The number of nitrogens with zero attached hydrogens (tertiary/aromatic N) is 2. The van der Waals surface area contributed by atoms with Gasteiger partial charge in [0.05, 0.1) is 10.6 Å². The molecule has 1 N–H and O–H groups in total. The Morgan fingerprint density at radius 1 is 1.04 bits per heavy atom. The standard InChI is InChI=1S/C20H14F3N3OS/c21-20(22,23)17-15-11-16(18(27)24-12-13-7-3-1-4-8-13)28-19(15)26(25-17)14-9-5-2-6-10-14/h1-11H,12H2,(H,24,27). The van der Waals surface area contributed by atoms with Gasteiger partial charge >= 0.3 is 6.18 Å². The molecule has 2 aromatic carbocycles. The van der Waals surface area contributed by atoms with Crippen molar-refractivity contribution in [2.24, 2.45) is 0 Å². The van der Waals surface area contributed by atoms with Gasteiger partial charge in [-0.2, -0.15) is 18.3 Å². The van der Waals surface area contributed by atoms with Gasteiger partial charge in [-0.25, -0.2) is 4.68 Å². The molecule has 0 unspecified atom stereocenters. The van der Waals surface area contributed by atoms with Crippen molar-refractivity contribution in [3.05, 3.63) is 82.9 Å². The third-order valence-electron chi connectivity index (χ3n) is 4.15. The Bertz CT molecular complexity index is 1120. The normalized spacial score (nSPS) is 11.7. The molecule has 4 aromatic rings. The second kappa shape index (κ2) is 7.12. The zero-order valence-electron chi connectivity index (χ0n) is 14.4. The summed E-state index contributed by atoms with van der Waals surface area (Å²) in [7, 11) is 0. The first-order chi connectivity index (χ1) is 13.4. The summed E-state index contributed by atoms with van der Waals surface area (Å²) in [5.41, 5.74) is 0.411. The van der Waals surface area contributed by atoms with E-state index >= 15 is 0 Å². The zero-order valence-corrected chi connectivity index (χ0v) is 15.2. The molecule has 0 aliphatic carbocycles. The van der Waals surface area contributed by atoms with E-state index in [0.29, 0.717) is 12.2 Å². The van der Waals surface area contributed by atoms with Gasteiger partial charge in [-0.3, -0.25) is 4.79 Å². The van der Waals surface area contributed by atoms with Crippen LogP contribution in [0.4, 0.5) is 13.2 Å². The first-order valence-electron chi connectivity index (χ1n) is 8.41. The Kier molecular flexibility index (Phi) is 4.64. The molecule has 0 spiro atoms. The minimum absolute atomic E-state index is 0.0776. The van der Waals surface area contributed by atoms with E-state index in [9.17, 15) is 18.0 Å². The molecule has 4 rings (SSSR count). The Balaban J connectivity index is 1.71. The number of alkyl halides is 3. The second-order valence-electron chi connectivity index (χ2n) is 6.09. The molecule has 142 valence electrons. The molecule has 28 heavy (non-hydrogen) atoms. The summed E-state index contributed by atoms with van der Waals surface area (Å²) in [4.78, 5) is 13.0. The summed E-state index contributed by atoms with van der Waals surface area (Å²) in [5.74, 6) is -0.419. The highest BCUT2D eigenvalue weighted by Crippen LogP contribution is 2.38. The molecule has 0 fully saturated rings. The molecule has 0 aliphatic heterocycles. The summed E-state index contributed by atoms with van der Waals surface area (Å²) in [6, 6.07) is 19.1. The molecule has 4 nitrogen and oxygen atoms in total. The van der Waals surface area contributed by atoms with Gasteiger partial charge in [0.2, 0.25) is 0 Å². The number of para-hydroxylation sites is 1. The van der Waals surface area contributed by atoms with Gasteiger partial charge in [0.15, 0.2) is 5.69 Å². The van der Waals surface area contributed by atoms with Gasteiger partial charge < -0.3 is 5.32 Å². The van der Waals surface area contributed by atoms with Crippen molar-refractivity contribution < 1.29 is 18.0 Å². The van der Waals surface area contributed by atoms with Crippen molar-refractivity contribution in [3.63, 3.8) is 0 Å². The topological polar surface area (TPSA) is 46.9 Å². The van der Waals surface area contributed by atoms with E-state index in [4.69, 9.17) is 0 Å². The monoisotopic (exact) mass is 401 g/mol. The van der Waals surface area contributed by atoms with Crippen molar-refractivity contribution in [1.82, 2.24) is 15.1 Å². The molecule has 0 saturated carbocycles. The number of benzene rings is 2. The van der Waals surface area contributed by atoms with Gasteiger partial charge in [-0.1, -0.05) is 48.5 Å². The van der Waals surface area contributed by atoms with Crippen LogP contribution in [0.15, 0.2) is 66.7 Å². The lowest BCUT2D eigenvalue weighted by Crippen LogP contribution is -2.21. The zero-order chi connectivity index (χ0) is 19.7. The molecule has 0 bridgehead atoms.